The fourth-order valence-corrected chi connectivity index (χ4v) is 10.4. The fourth-order valence-electron chi connectivity index (χ4n) is 10.1. The molecular formula is C56H73N9O24S. The third-order valence-corrected chi connectivity index (χ3v) is 15.4. The lowest BCUT2D eigenvalue weighted by atomic mass is 9.77. The number of nitrogens with one attached hydrogen (secondary N) is 5. The van der Waals surface area contributed by atoms with Crippen LogP contribution in [0.15, 0.2) is 77.3 Å². The maximum absolute atomic E-state index is 15.0. The van der Waals surface area contributed by atoms with Crippen molar-refractivity contribution in [1.29, 1.82) is 0 Å². The monoisotopic (exact) mass is 1290 g/mol. The average molecular weight is 1290 g/mol. The van der Waals surface area contributed by atoms with Gasteiger partial charge < -0.3 is 107 Å². The summed E-state index contributed by atoms with van der Waals surface area (Å²) in [4.78, 5) is 112. The Morgan fingerprint density at radius 1 is 0.844 bits per heavy atom. The first kappa shape index (κ1) is 70.8. The summed E-state index contributed by atoms with van der Waals surface area (Å²) in [7, 11) is -5.54. The Morgan fingerprint density at radius 2 is 1.47 bits per heavy atom. The highest BCUT2D eigenvalue weighted by Crippen LogP contribution is 2.38. The van der Waals surface area contributed by atoms with Crippen LogP contribution in [0.5, 0.6) is 17.2 Å². The molecule has 6 unspecified atom stereocenters. The first-order valence-corrected chi connectivity index (χ1v) is 29.5. The van der Waals surface area contributed by atoms with Crippen LogP contribution in [-0.2, 0) is 49.6 Å². The Bertz CT molecular complexity index is 3340. The van der Waals surface area contributed by atoms with Gasteiger partial charge in [-0.25, -0.2) is 4.79 Å². The fraction of sp³-hybridized carbons (Fsp3) is 0.482. The molecule has 1 aromatic heterocycles. The van der Waals surface area contributed by atoms with Gasteiger partial charge in [0.1, 0.15) is 47.9 Å². The van der Waals surface area contributed by atoms with Crippen LogP contribution in [-0.4, -0.2) is 220 Å². The van der Waals surface area contributed by atoms with Gasteiger partial charge in [0, 0.05) is 48.2 Å². The zero-order chi connectivity index (χ0) is 66.7. The van der Waals surface area contributed by atoms with Gasteiger partial charge in [-0.05, 0) is 73.9 Å². The van der Waals surface area contributed by atoms with Gasteiger partial charge in [0.25, 0.3) is 5.91 Å². The van der Waals surface area contributed by atoms with Gasteiger partial charge in [-0.1, -0.05) is 50.0 Å². The van der Waals surface area contributed by atoms with Crippen molar-refractivity contribution in [3.63, 3.8) is 0 Å². The molecule has 0 radical (unpaired) electrons. The molecule has 0 aliphatic carbocycles. The molecule has 34 heteroatoms. The Hall–Kier alpha value is -8.26. The maximum Gasteiger partial charge on any atom is 0.446 e. The number of hydrogen-bond donors (Lipinski definition) is 18. The highest BCUT2D eigenvalue weighted by atomic mass is 32.3. The van der Waals surface area contributed by atoms with Gasteiger partial charge in [0.05, 0.1) is 49.6 Å². The van der Waals surface area contributed by atoms with Crippen LogP contribution in [0.25, 0.3) is 22.6 Å². The summed E-state index contributed by atoms with van der Waals surface area (Å²) in [5, 5.41) is 125. The number of ketones is 1. The largest absolute Gasteiger partial charge is 0.504 e. The molecule has 0 bridgehead atoms. The van der Waals surface area contributed by atoms with Gasteiger partial charge in [0.15, 0.2) is 34.7 Å². The second-order valence-corrected chi connectivity index (χ2v) is 22.9. The van der Waals surface area contributed by atoms with Crippen LogP contribution in [0.4, 0.5) is 0 Å². The summed E-state index contributed by atoms with van der Waals surface area (Å²) in [5.41, 5.74) is 7.39. The number of carbonyl (C=O) groups is 8. The van der Waals surface area contributed by atoms with Gasteiger partial charge >= 0.3 is 16.4 Å². The molecule has 33 nitrogen and oxygen atoms in total. The summed E-state index contributed by atoms with van der Waals surface area (Å²) in [6.45, 7) is 3.94. The Labute approximate surface area is 513 Å². The molecule has 3 heterocycles. The number of rotatable bonds is 31. The first-order chi connectivity index (χ1) is 42.2. The lowest BCUT2D eigenvalue weighted by Crippen LogP contribution is -2.68. The molecule has 2 aliphatic rings. The van der Waals surface area contributed by atoms with Crippen molar-refractivity contribution in [2.75, 3.05) is 19.7 Å². The average Bonchev–Trinajstić information content (AvgIpc) is 0.965. The number of phenols is 1. The number of hydrogen-bond acceptors (Lipinski definition) is 25. The molecule has 4 aromatic rings. The van der Waals surface area contributed by atoms with E-state index in [0.717, 1.165) is 26.2 Å². The molecule has 2 aliphatic heterocycles. The first-order valence-electron chi connectivity index (χ1n) is 28.1. The number of carboxylic acids is 1. The van der Waals surface area contributed by atoms with Crippen molar-refractivity contribution >= 4 is 57.6 Å². The molecule has 0 spiro atoms. The van der Waals surface area contributed by atoms with Crippen LogP contribution in [0.3, 0.4) is 0 Å². The number of aliphatic hydroxyl groups excluding tert-OH is 7. The van der Waals surface area contributed by atoms with Crippen LogP contribution < -0.4 is 47.0 Å². The van der Waals surface area contributed by atoms with Crippen molar-refractivity contribution in [3.8, 4) is 39.8 Å². The van der Waals surface area contributed by atoms with E-state index in [2.05, 4.69) is 32.2 Å². The number of ether oxygens (including phenoxy) is 1. The van der Waals surface area contributed by atoms with E-state index in [0.29, 0.717) is 58.0 Å². The number of amides is 6. The summed E-state index contributed by atoms with van der Waals surface area (Å²) in [5.74, 6) is -14.7. The number of β-amino-alcohol motifs (C(OH)–C–C–N with tert-alkyl or cyclic N) is 1. The van der Waals surface area contributed by atoms with E-state index in [-0.39, 0.29) is 12.1 Å². The Morgan fingerprint density at radius 3 is 2.04 bits per heavy atom. The van der Waals surface area contributed by atoms with Crippen LogP contribution >= 0.6 is 0 Å². The van der Waals surface area contributed by atoms with Gasteiger partial charge in [-0.2, -0.15) is 8.42 Å². The number of Topliss-reactive ketones (excluding diaryl/α,β-unsaturated/α-hetero) is 1. The zero-order valence-corrected chi connectivity index (χ0v) is 49.4. The molecule has 6 rings (SSSR count). The number of nitrogens with two attached hydrogens (primary N) is 2. The van der Waals surface area contributed by atoms with Gasteiger partial charge in [-0.15, -0.1) is 0 Å². The van der Waals surface area contributed by atoms with Gasteiger partial charge in [0.2, 0.25) is 29.5 Å². The van der Waals surface area contributed by atoms with Crippen molar-refractivity contribution in [2.24, 2.45) is 17.4 Å². The number of aliphatic carboxylic acids is 1. The number of benzene rings is 3. The number of phenolic OH excluding ortho intramolecular Hbond substituents is 1. The molecule has 6 amide bonds. The molecule has 0 saturated carbocycles. The molecule has 3 aromatic carbocycles. The number of aromatic hydroxyl groups is 1. The third-order valence-electron chi connectivity index (χ3n) is 15.0. The Balaban J connectivity index is 1.35. The molecule has 20 N–H and O–H groups in total. The topological polar surface area (TPSA) is 553 Å². The molecular weight excluding hydrogens is 1210 g/mol. The van der Waals surface area contributed by atoms with Crippen molar-refractivity contribution < 1.29 is 116 Å². The van der Waals surface area contributed by atoms with Crippen molar-refractivity contribution in [2.45, 2.75) is 144 Å². The number of likely N-dealkylation sites (tertiary alicyclic amines) is 1. The zero-order valence-electron chi connectivity index (χ0n) is 48.6. The van der Waals surface area contributed by atoms with Crippen molar-refractivity contribution in [3.05, 3.63) is 83.9 Å². The van der Waals surface area contributed by atoms with E-state index in [4.69, 9.17) is 20.7 Å². The molecule has 2 fully saturated rings. The number of primary amides is 1. The molecule has 492 valence electrons. The maximum atomic E-state index is 15.0. The smallest absolute Gasteiger partial charge is 0.446 e. The minimum atomic E-state index is -5.54. The van der Waals surface area contributed by atoms with E-state index in [9.17, 15) is 102 Å². The summed E-state index contributed by atoms with van der Waals surface area (Å²) < 4.78 is 48.9. The van der Waals surface area contributed by atoms with E-state index >= 15 is 0 Å². The van der Waals surface area contributed by atoms with E-state index in [1.807, 2.05) is 10.6 Å². The summed E-state index contributed by atoms with van der Waals surface area (Å²) in [6.07, 6.45) is -14.6. The normalized spacial score (nSPS) is 21.2. The number of carbonyl (C=O) groups excluding carboxylic acids is 7. The molecule has 15 atom stereocenters. The third kappa shape index (κ3) is 17.6. The number of aromatic nitrogens is 1. The minimum absolute atomic E-state index is 0.119. The van der Waals surface area contributed by atoms with Crippen LogP contribution in [0.1, 0.15) is 75.2 Å². The van der Waals surface area contributed by atoms with E-state index in [1.54, 1.807) is 30.3 Å². The predicted octanol–water partition coefficient (Wildman–Crippen LogP) is -4.50. The SMILES string of the molecule is CCCCCOc1ccc(-c2cc(-c3ccc(C(=O)N[C@@H](CC(O)C(N)O)C(=O)N[C@H](C(=O)N[C@H](C(=O)N[C@H](C(=O)N4CC(C)C(O)[C@H]4C(=O)O)C(O)CC(N)=O)[C@H](O)C(O)(C(=O)[C@@H]4C[C@@H](O)CN4)c4ccc(O)c(OS(=O)(=O)O)c4)[C@@H](C)O)cc3)no2)cc1. The van der Waals surface area contributed by atoms with Crippen LogP contribution in [0.2, 0.25) is 0 Å². The quantitative estimate of drug-likeness (QED) is 0.0128. The summed E-state index contributed by atoms with van der Waals surface area (Å²) in [6, 6.07) is 2.24. The minimum Gasteiger partial charge on any atom is -0.504 e. The lowest BCUT2D eigenvalue weighted by Gasteiger charge is -2.39. The number of unbranched alkanes of at least 4 members (excludes halogenated alkanes) is 2. The molecule has 90 heavy (non-hydrogen) atoms. The summed E-state index contributed by atoms with van der Waals surface area (Å²) >= 11 is 0. The van der Waals surface area contributed by atoms with E-state index < -0.39 is 191 Å². The number of carboxylic acid groups (broad SMARTS) is 1. The second kappa shape index (κ2) is 30.5. The van der Waals surface area contributed by atoms with E-state index in [1.165, 1.54) is 31.2 Å². The standard InChI is InChI=1S/C56H73N9O24S/c1-4-5-6-17-87-32-14-11-28(12-15-32)39-21-33(64-88-39)27-7-9-29(10-8-27)50(76)60-35(20-38(70)49(58)75)51(77)61-42(26(3)66)52(78)63-44(53(79)62-43(37(69)22-41(57)71)54(80)65-24-25(2)46(72)45(65)55(81)82)48(74)56(83,47(73)34-19-31(67)23-59-34)30-13-16-36(68)40(18-30)89-90(84,85)86/h7-16,18,21,25-26,31,34-35,37-38,42-46,48-49,59,66-70,72,74-75,83H,4-6,17,19-20,22-24,58H2,1-3H3,(H2,57,71)(H,60,76)(H,61,77)(H,62,79)(H,63,78)(H,81,82)(H,84,85,86)/t25?,26-,31-,34+,35+,37?,38?,42+,43+,44+,45+,46?,48+,49?,56?/m1/s1. The van der Waals surface area contributed by atoms with Gasteiger partial charge in [-0.3, -0.25) is 38.1 Å². The predicted molar refractivity (Wildman–Crippen MR) is 308 cm³/mol. The lowest BCUT2D eigenvalue weighted by molar-refractivity contribution is -0.163. The second-order valence-electron chi connectivity index (χ2n) is 21.9. The molecule has 2 saturated heterocycles. The van der Waals surface area contributed by atoms with Crippen LogP contribution in [0, 0.1) is 5.92 Å². The number of aliphatic hydroxyl groups is 8. The Kier molecular flexibility index (Phi) is 24.0. The number of nitrogens with zero attached hydrogens (tertiary/aromatic N) is 2. The highest BCUT2D eigenvalue weighted by molar-refractivity contribution is 7.81. The van der Waals surface area contributed by atoms with Crippen molar-refractivity contribution in [1.82, 2.24) is 36.6 Å². The highest BCUT2D eigenvalue weighted by Gasteiger charge is 2.55.